The predicted molar refractivity (Wildman–Crippen MR) is 107 cm³/mol. The van der Waals surface area contributed by atoms with Gasteiger partial charge in [0, 0.05) is 21.8 Å². The number of hydrogen-bond acceptors (Lipinski definition) is 2. The van der Waals surface area contributed by atoms with Crippen molar-refractivity contribution in [3.63, 3.8) is 0 Å². The average Bonchev–Trinajstić information content (AvgIpc) is 2.45. The highest BCUT2D eigenvalue weighted by atomic mass is 79.9. The van der Waals surface area contributed by atoms with Gasteiger partial charge in [-0.05, 0) is 46.7 Å². The van der Waals surface area contributed by atoms with Crippen LogP contribution in [-0.2, 0) is 10.8 Å². The zero-order valence-electron chi connectivity index (χ0n) is 15.3. The van der Waals surface area contributed by atoms with E-state index in [9.17, 15) is 5.11 Å². The van der Waals surface area contributed by atoms with Crippen LogP contribution in [0.1, 0.15) is 58.2 Å². The second-order valence-electron chi connectivity index (χ2n) is 8.20. The second kappa shape index (κ2) is 6.72. The molecular weight excluding hydrogens is 362 g/mol. The molecule has 0 saturated heterocycles. The Hall–Kier alpha value is -1.61. The summed E-state index contributed by atoms with van der Waals surface area (Å²) in [6.45, 7) is 12.9. The van der Waals surface area contributed by atoms with E-state index in [2.05, 4.69) is 68.5 Å². The van der Waals surface area contributed by atoms with Crippen molar-refractivity contribution in [1.29, 1.82) is 0 Å². The van der Waals surface area contributed by atoms with Crippen molar-refractivity contribution >= 4 is 27.8 Å². The molecule has 0 saturated carbocycles. The molecule has 1 N–H and O–H groups in total. The standard InChI is InChI=1S/C21H26BrNO/c1-20(2,3)15-11-14(19(24)18(12-15)21(4,5)6)13-23-17-9-7-16(22)8-10-17/h7-13,24H,1-6H3. The van der Waals surface area contributed by atoms with Gasteiger partial charge in [-0.25, -0.2) is 0 Å². The minimum atomic E-state index is -0.133. The van der Waals surface area contributed by atoms with Crippen LogP contribution in [0.2, 0.25) is 0 Å². The van der Waals surface area contributed by atoms with Crippen molar-refractivity contribution in [2.75, 3.05) is 0 Å². The lowest BCUT2D eigenvalue weighted by atomic mass is 9.79. The highest BCUT2D eigenvalue weighted by Gasteiger charge is 2.24. The predicted octanol–water partition coefficient (Wildman–Crippen LogP) is 6.50. The van der Waals surface area contributed by atoms with Gasteiger partial charge < -0.3 is 5.11 Å². The number of aromatic hydroxyl groups is 1. The number of halogens is 1. The van der Waals surface area contributed by atoms with Gasteiger partial charge in [-0.3, -0.25) is 4.99 Å². The van der Waals surface area contributed by atoms with E-state index in [0.29, 0.717) is 5.75 Å². The Morgan fingerprint density at radius 1 is 0.917 bits per heavy atom. The van der Waals surface area contributed by atoms with Gasteiger partial charge in [0.15, 0.2) is 0 Å². The zero-order valence-corrected chi connectivity index (χ0v) is 16.9. The van der Waals surface area contributed by atoms with Crippen LogP contribution in [-0.4, -0.2) is 11.3 Å². The van der Waals surface area contributed by atoms with Crippen molar-refractivity contribution in [3.8, 4) is 5.75 Å². The fourth-order valence-electron chi connectivity index (χ4n) is 2.43. The maximum atomic E-state index is 10.7. The molecule has 0 atom stereocenters. The first-order chi connectivity index (χ1) is 11.0. The summed E-state index contributed by atoms with van der Waals surface area (Å²) < 4.78 is 1.02. The lowest BCUT2D eigenvalue weighted by molar-refractivity contribution is 0.444. The Labute approximate surface area is 153 Å². The molecule has 2 aromatic rings. The highest BCUT2D eigenvalue weighted by molar-refractivity contribution is 9.10. The Kier molecular flexibility index (Phi) is 5.24. The van der Waals surface area contributed by atoms with Crippen LogP contribution in [0.4, 0.5) is 5.69 Å². The number of phenols is 1. The second-order valence-corrected chi connectivity index (χ2v) is 9.11. The smallest absolute Gasteiger partial charge is 0.128 e. The van der Waals surface area contributed by atoms with Crippen LogP contribution in [0.25, 0.3) is 0 Å². The monoisotopic (exact) mass is 387 g/mol. The van der Waals surface area contributed by atoms with Gasteiger partial charge in [0.1, 0.15) is 5.75 Å². The van der Waals surface area contributed by atoms with Crippen molar-refractivity contribution in [1.82, 2.24) is 0 Å². The fraction of sp³-hybridized carbons (Fsp3) is 0.381. The third kappa shape index (κ3) is 4.47. The summed E-state index contributed by atoms with van der Waals surface area (Å²) in [7, 11) is 0. The first-order valence-corrected chi connectivity index (χ1v) is 8.95. The van der Waals surface area contributed by atoms with Gasteiger partial charge in [-0.1, -0.05) is 63.5 Å². The maximum absolute atomic E-state index is 10.7. The van der Waals surface area contributed by atoms with E-state index in [4.69, 9.17) is 0 Å². The van der Waals surface area contributed by atoms with Crippen molar-refractivity contribution in [3.05, 3.63) is 57.6 Å². The summed E-state index contributed by atoms with van der Waals surface area (Å²) >= 11 is 3.42. The molecule has 0 amide bonds. The quantitative estimate of drug-likeness (QED) is 0.585. The van der Waals surface area contributed by atoms with E-state index in [0.717, 1.165) is 21.3 Å². The van der Waals surface area contributed by atoms with Crippen molar-refractivity contribution in [2.45, 2.75) is 52.4 Å². The molecule has 0 aliphatic heterocycles. The Bertz CT molecular complexity index is 747. The maximum Gasteiger partial charge on any atom is 0.128 e. The van der Waals surface area contributed by atoms with E-state index < -0.39 is 0 Å². The molecule has 2 rings (SSSR count). The number of aliphatic imine (C=N–C) groups is 1. The molecule has 0 aromatic heterocycles. The summed E-state index contributed by atoms with van der Waals surface area (Å²) in [5.74, 6) is 0.316. The molecule has 0 fully saturated rings. The summed E-state index contributed by atoms with van der Waals surface area (Å²) in [5.41, 5.74) is 3.64. The van der Waals surface area contributed by atoms with Crippen LogP contribution >= 0.6 is 15.9 Å². The summed E-state index contributed by atoms with van der Waals surface area (Å²) in [6, 6.07) is 11.9. The number of hydrogen-bond donors (Lipinski definition) is 1. The highest BCUT2D eigenvalue weighted by Crippen LogP contribution is 2.37. The number of phenolic OH excluding ortho intramolecular Hbond substituents is 1. The lowest BCUT2D eigenvalue weighted by Gasteiger charge is -2.26. The molecule has 3 heteroatoms. The first-order valence-electron chi connectivity index (χ1n) is 8.16. The third-order valence-corrected chi connectivity index (χ3v) is 4.52. The zero-order chi connectivity index (χ0) is 18.1. The molecular formula is C21H26BrNO. The van der Waals surface area contributed by atoms with Crippen LogP contribution in [0.15, 0.2) is 45.9 Å². The minimum Gasteiger partial charge on any atom is -0.507 e. The van der Waals surface area contributed by atoms with Gasteiger partial charge in [0.2, 0.25) is 0 Å². The Balaban J connectivity index is 2.54. The third-order valence-electron chi connectivity index (χ3n) is 3.99. The van der Waals surface area contributed by atoms with E-state index in [1.807, 2.05) is 30.3 Å². The van der Waals surface area contributed by atoms with Gasteiger partial charge in [-0.15, -0.1) is 0 Å². The fourth-order valence-corrected chi connectivity index (χ4v) is 2.70. The molecule has 2 nitrogen and oxygen atoms in total. The van der Waals surface area contributed by atoms with Crippen LogP contribution in [0, 0.1) is 0 Å². The molecule has 0 aliphatic rings. The average molecular weight is 388 g/mol. The van der Waals surface area contributed by atoms with Crippen molar-refractivity contribution in [2.24, 2.45) is 4.99 Å². The van der Waals surface area contributed by atoms with Gasteiger partial charge >= 0.3 is 0 Å². The van der Waals surface area contributed by atoms with Crippen LogP contribution < -0.4 is 0 Å². The number of nitrogens with zero attached hydrogens (tertiary/aromatic N) is 1. The minimum absolute atomic E-state index is 0.00784. The normalized spacial score (nSPS) is 12.8. The molecule has 0 heterocycles. The van der Waals surface area contributed by atoms with Crippen LogP contribution in [0.5, 0.6) is 5.75 Å². The molecule has 0 radical (unpaired) electrons. The molecule has 24 heavy (non-hydrogen) atoms. The Morgan fingerprint density at radius 2 is 1.50 bits per heavy atom. The number of rotatable bonds is 2. The van der Waals surface area contributed by atoms with Gasteiger partial charge in [0.25, 0.3) is 0 Å². The molecule has 0 unspecified atom stereocenters. The molecule has 0 bridgehead atoms. The topological polar surface area (TPSA) is 32.6 Å². The van der Waals surface area contributed by atoms with Crippen LogP contribution in [0.3, 0.4) is 0 Å². The first kappa shape index (κ1) is 18.7. The van der Waals surface area contributed by atoms with E-state index in [-0.39, 0.29) is 10.8 Å². The van der Waals surface area contributed by atoms with E-state index >= 15 is 0 Å². The van der Waals surface area contributed by atoms with E-state index in [1.54, 1.807) is 6.21 Å². The van der Waals surface area contributed by atoms with Crippen molar-refractivity contribution < 1.29 is 5.11 Å². The molecule has 2 aromatic carbocycles. The largest absolute Gasteiger partial charge is 0.507 e. The van der Waals surface area contributed by atoms with Gasteiger partial charge in [0.05, 0.1) is 5.69 Å². The SMILES string of the molecule is CC(C)(C)c1cc(C=Nc2ccc(Br)cc2)c(O)c(C(C)(C)C)c1. The summed E-state index contributed by atoms with van der Waals surface area (Å²) in [4.78, 5) is 4.52. The number of benzene rings is 2. The van der Waals surface area contributed by atoms with E-state index in [1.165, 1.54) is 5.56 Å². The lowest BCUT2D eigenvalue weighted by Crippen LogP contribution is -2.17. The summed E-state index contributed by atoms with van der Waals surface area (Å²) in [5, 5.41) is 10.7. The molecule has 128 valence electrons. The summed E-state index contributed by atoms with van der Waals surface area (Å²) in [6.07, 6.45) is 1.75. The van der Waals surface area contributed by atoms with Gasteiger partial charge in [-0.2, -0.15) is 0 Å². The molecule has 0 aliphatic carbocycles. The molecule has 0 spiro atoms. The Morgan fingerprint density at radius 3 is 2.00 bits per heavy atom.